The van der Waals surface area contributed by atoms with Crippen LogP contribution in [-0.2, 0) is 33.6 Å². The molecular weight excluding hydrogens is 476 g/mol. The number of carbonyl (C=O) groups is 7. The monoisotopic (exact) mass is 506 g/mol. The Kier molecular flexibility index (Phi) is 13.9. The maximum atomic E-state index is 12.7. The lowest BCUT2D eigenvalue weighted by atomic mass is 10.1. The summed E-state index contributed by atoms with van der Waals surface area (Å²) in [6.07, 6.45) is -0.386. The van der Waals surface area contributed by atoms with Crippen LogP contribution in [0.25, 0.3) is 0 Å². The highest BCUT2D eigenvalue weighted by Gasteiger charge is 2.32. The van der Waals surface area contributed by atoms with Gasteiger partial charge >= 0.3 is 11.9 Å². The van der Waals surface area contributed by atoms with Gasteiger partial charge in [-0.15, -0.1) is 0 Å². The molecule has 0 aliphatic rings. The van der Waals surface area contributed by atoms with Crippen LogP contribution in [0.5, 0.6) is 0 Å². The van der Waals surface area contributed by atoms with Crippen molar-refractivity contribution in [2.75, 3.05) is 12.0 Å². The number of hydrogen-bond acceptors (Lipinski definition) is 9. The standard InChI is InChI=1S/C18H30N6O9S/c1-34-5-4-8(19)15(29)23-10(6-12(20)25)17(31)24-11(7-13(21)26)16(30)22-9(18(32)33)2-3-14(27)28/h8-11H,2-7,19H2,1H3,(H2,20,25)(H2,21,26)(H,22,30)(H,23,29)(H,24,31)(H,27,28)(H,32,33). The number of amides is 5. The second-order valence-corrected chi connectivity index (χ2v) is 8.17. The summed E-state index contributed by atoms with van der Waals surface area (Å²) in [7, 11) is 0. The highest BCUT2D eigenvalue weighted by molar-refractivity contribution is 7.98. The minimum absolute atomic E-state index is 0.275. The molecule has 0 aromatic carbocycles. The van der Waals surface area contributed by atoms with E-state index in [1.54, 1.807) is 6.26 Å². The van der Waals surface area contributed by atoms with Crippen molar-refractivity contribution in [3.63, 3.8) is 0 Å². The molecule has 0 aromatic rings. The smallest absolute Gasteiger partial charge is 0.326 e. The molecule has 0 saturated carbocycles. The van der Waals surface area contributed by atoms with Crippen LogP contribution in [-0.4, -0.2) is 87.9 Å². The lowest BCUT2D eigenvalue weighted by Crippen LogP contribution is -2.58. The summed E-state index contributed by atoms with van der Waals surface area (Å²) in [6.45, 7) is 0. The topological polar surface area (TPSA) is 274 Å². The van der Waals surface area contributed by atoms with E-state index in [0.717, 1.165) is 0 Å². The number of carboxylic acid groups (broad SMARTS) is 2. The van der Waals surface area contributed by atoms with Crippen LogP contribution in [0.1, 0.15) is 32.1 Å². The van der Waals surface area contributed by atoms with E-state index < -0.39 is 91.3 Å². The summed E-state index contributed by atoms with van der Waals surface area (Å²) in [5.41, 5.74) is 15.9. The Labute approximate surface area is 198 Å². The molecule has 15 nitrogen and oxygen atoms in total. The van der Waals surface area contributed by atoms with Gasteiger partial charge in [0, 0.05) is 6.42 Å². The predicted octanol–water partition coefficient (Wildman–Crippen LogP) is -3.78. The minimum Gasteiger partial charge on any atom is -0.481 e. The van der Waals surface area contributed by atoms with Crippen molar-refractivity contribution in [3.05, 3.63) is 0 Å². The van der Waals surface area contributed by atoms with E-state index in [1.807, 2.05) is 5.32 Å². The largest absolute Gasteiger partial charge is 0.481 e. The van der Waals surface area contributed by atoms with Crippen LogP contribution < -0.4 is 33.2 Å². The molecule has 11 N–H and O–H groups in total. The van der Waals surface area contributed by atoms with Gasteiger partial charge in [0.25, 0.3) is 0 Å². The quantitative estimate of drug-likeness (QED) is 0.0947. The van der Waals surface area contributed by atoms with Gasteiger partial charge in [-0.2, -0.15) is 11.8 Å². The number of carbonyl (C=O) groups excluding carboxylic acids is 5. The second-order valence-electron chi connectivity index (χ2n) is 7.18. The molecule has 0 fully saturated rings. The Morgan fingerprint density at radius 3 is 1.59 bits per heavy atom. The van der Waals surface area contributed by atoms with E-state index in [0.29, 0.717) is 5.75 Å². The van der Waals surface area contributed by atoms with Gasteiger partial charge in [0.05, 0.1) is 18.9 Å². The van der Waals surface area contributed by atoms with Gasteiger partial charge in [-0.1, -0.05) is 0 Å². The van der Waals surface area contributed by atoms with E-state index in [2.05, 4.69) is 10.6 Å². The van der Waals surface area contributed by atoms with Gasteiger partial charge in [0.15, 0.2) is 0 Å². The Morgan fingerprint density at radius 2 is 1.21 bits per heavy atom. The third-order valence-electron chi connectivity index (χ3n) is 4.31. The van der Waals surface area contributed by atoms with Crippen molar-refractivity contribution in [2.24, 2.45) is 17.2 Å². The number of nitrogens with two attached hydrogens (primary N) is 3. The highest BCUT2D eigenvalue weighted by atomic mass is 32.2. The van der Waals surface area contributed by atoms with Crippen molar-refractivity contribution in [3.8, 4) is 0 Å². The van der Waals surface area contributed by atoms with Crippen molar-refractivity contribution in [1.29, 1.82) is 0 Å². The van der Waals surface area contributed by atoms with E-state index in [-0.39, 0.29) is 6.42 Å². The number of rotatable bonds is 17. The Balaban J connectivity index is 5.50. The molecule has 0 spiro atoms. The molecule has 5 amide bonds. The summed E-state index contributed by atoms with van der Waals surface area (Å²) in [6, 6.07) is -5.86. The first-order valence-electron chi connectivity index (χ1n) is 9.95. The van der Waals surface area contributed by atoms with Crippen molar-refractivity contribution < 1.29 is 43.8 Å². The average Bonchev–Trinajstić information content (AvgIpc) is 2.72. The van der Waals surface area contributed by atoms with E-state index >= 15 is 0 Å². The molecule has 0 heterocycles. The fourth-order valence-electron chi connectivity index (χ4n) is 2.55. The number of thioether (sulfide) groups is 1. The summed E-state index contributed by atoms with van der Waals surface area (Å²) < 4.78 is 0. The van der Waals surface area contributed by atoms with Crippen molar-refractivity contribution in [2.45, 2.75) is 56.3 Å². The van der Waals surface area contributed by atoms with Gasteiger partial charge in [0.2, 0.25) is 29.5 Å². The van der Waals surface area contributed by atoms with Crippen LogP contribution in [0.3, 0.4) is 0 Å². The summed E-state index contributed by atoms with van der Waals surface area (Å²) in [5.74, 6) is -7.28. The summed E-state index contributed by atoms with van der Waals surface area (Å²) >= 11 is 1.44. The number of hydrogen-bond donors (Lipinski definition) is 8. The first kappa shape index (κ1) is 30.6. The fraction of sp³-hybridized carbons (Fsp3) is 0.611. The molecule has 4 unspecified atom stereocenters. The molecule has 0 radical (unpaired) electrons. The molecule has 4 atom stereocenters. The molecule has 0 bridgehead atoms. The Bertz CT molecular complexity index is 794. The predicted molar refractivity (Wildman–Crippen MR) is 119 cm³/mol. The zero-order valence-electron chi connectivity index (χ0n) is 18.4. The fourth-order valence-corrected chi connectivity index (χ4v) is 3.04. The van der Waals surface area contributed by atoms with E-state index in [9.17, 15) is 38.7 Å². The summed E-state index contributed by atoms with van der Waals surface area (Å²) in [4.78, 5) is 82.2. The second kappa shape index (κ2) is 15.4. The van der Waals surface area contributed by atoms with Crippen LogP contribution in [0.15, 0.2) is 0 Å². The van der Waals surface area contributed by atoms with Crippen LogP contribution in [0, 0.1) is 0 Å². The first-order valence-corrected chi connectivity index (χ1v) is 11.3. The van der Waals surface area contributed by atoms with Crippen LogP contribution >= 0.6 is 11.8 Å². The van der Waals surface area contributed by atoms with Gasteiger partial charge in [-0.3, -0.25) is 28.8 Å². The zero-order valence-corrected chi connectivity index (χ0v) is 19.3. The molecule has 0 rings (SSSR count). The molecular formula is C18H30N6O9S. The van der Waals surface area contributed by atoms with Crippen molar-refractivity contribution >= 4 is 53.2 Å². The normalized spacial score (nSPS) is 14.1. The molecule has 34 heavy (non-hydrogen) atoms. The van der Waals surface area contributed by atoms with E-state index in [4.69, 9.17) is 22.3 Å². The minimum atomic E-state index is -1.69. The SMILES string of the molecule is CSCCC(N)C(=O)NC(CC(N)=O)C(=O)NC(CC(N)=O)C(=O)NC(CCC(=O)O)C(=O)O. The Morgan fingerprint density at radius 1 is 0.765 bits per heavy atom. The Hall–Kier alpha value is -3.40. The lowest BCUT2D eigenvalue weighted by Gasteiger charge is -2.24. The van der Waals surface area contributed by atoms with Crippen molar-refractivity contribution in [1.82, 2.24) is 16.0 Å². The highest BCUT2D eigenvalue weighted by Crippen LogP contribution is 2.04. The summed E-state index contributed by atoms with van der Waals surface area (Å²) in [5, 5.41) is 24.3. The van der Waals surface area contributed by atoms with Crippen LogP contribution in [0.2, 0.25) is 0 Å². The number of primary amides is 2. The van der Waals surface area contributed by atoms with Gasteiger partial charge in [0.1, 0.15) is 18.1 Å². The number of nitrogens with one attached hydrogen (secondary N) is 3. The van der Waals surface area contributed by atoms with Gasteiger partial charge in [-0.25, -0.2) is 4.79 Å². The molecule has 0 aromatic heterocycles. The zero-order chi connectivity index (χ0) is 26.4. The molecule has 192 valence electrons. The van der Waals surface area contributed by atoms with E-state index in [1.165, 1.54) is 11.8 Å². The number of aliphatic carboxylic acids is 2. The molecule has 0 saturated heterocycles. The number of carboxylic acids is 2. The third-order valence-corrected chi connectivity index (χ3v) is 4.95. The maximum Gasteiger partial charge on any atom is 0.326 e. The maximum absolute atomic E-state index is 12.7. The van der Waals surface area contributed by atoms with Crippen LogP contribution in [0.4, 0.5) is 0 Å². The molecule has 0 aliphatic heterocycles. The van der Waals surface area contributed by atoms with Gasteiger partial charge in [-0.05, 0) is 24.9 Å². The first-order chi connectivity index (χ1) is 15.8. The lowest BCUT2D eigenvalue weighted by molar-refractivity contribution is -0.143. The van der Waals surface area contributed by atoms with Gasteiger partial charge < -0.3 is 43.4 Å². The third kappa shape index (κ3) is 12.6. The average molecular weight is 507 g/mol. The molecule has 16 heteroatoms. The molecule has 0 aliphatic carbocycles.